The largest absolute Gasteiger partial charge is 0.347 e. The zero-order chi connectivity index (χ0) is 17.1. The van der Waals surface area contributed by atoms with E-state index in [1.165, 1.54) is 0 Å². The highest BCUT2D eigenvalue weighted by Crippen LogP contribution is 2.24. The van der Waals surface area contributed by atoms with Crippen molar-refractivity contribution in [3.05, 3.63) is 52.5 Å². The molecule has 8 heteroatoms. The number of anilines is 1. The molecule has 0 aliphatic carbocycles. The van der Waals surface area contributed by atoms with Gasteiger partial charge in [-0.25, -0.2) is 4.68 Å². The van der Waals surface area contributed by atoms with E-state index < -0.39 is 0 Å². The first kappa shape index (κ1) is 15.9. The Balaban J connectivity index is 1.45. The number of pyridine rings is 1. The molecular weight excluding hydrogens is 336 g/mol. The lowest BCUT2D eigenvalue weighted by Crippen LogP contribution is -2.36. The van der Waals surface area contributed by atoms with Crippen molar-refractivity contribution in [3.63, 3.8) is 0 Å². The molecule has 0 amide bonds. The number of aromatic nitrogens is 5. The van der Waals surface area contributed by atoms with Crippen molar-refractivity contribution in [2.45, 2.75) is 19.4 Å². The fourth-order valence-electron chi connectivity index (χ4n) is 3.11. The summed E-state index contributed by atoms with van der Waals surface area (Å²) in [6.45, 7) is 2.54. The second-order valence-electron chi connectivity index (χ2n) is 6.13. The first-order chi connectivity index (χ1) is 12.3. The molecule has 0 unspecified atom stereocenters. The van der Waals surface area contributed by atoms with Gasteiger partial charge in [0, 0.05) is 43.7 Å². The van der Waals surface area contributed by atoms with Crippen LogP contribution in [0.15, 0.2) is 47.0 Å². The standard InChI is InChI=1S/C17H18N6OS/c24-16-2-1-15(14-3-7-18-8-4-14)21-23(16)11-13-5-9-22(10-6-13)17-20-19-12-25-17/h1-4,7-8,12-13H,5-6,9-11H2. The lowest BCUT2D eigenvalue weighted by molar-refractivity contribution is 0.335. The second kappa shape index (κ2) is 7.10. The Morgan fingerprint density at radius 2 is 1.92 bits per heavy atom. The monoisotopic (exact) mass is 354 g/mol. The van der Waals surface area contributed by atoms with Crippen LogP contribution in [-0.4, -0.2) is 38.1 Å². The van der Waals surface area contributed by atoms with E-state index in [0.717, 1.165) is 42.3 Å². The topological polar surface area (TPSA) is 76.8 Å². The molecule has 4 rings (SSSR count). The molecule has 1 aliphatic rings. The van der Waals surface area contributed by atoms with Crippen LogP contribution in [0.5, 0.6) is 0 Å². The maximum Gasteiger partial charge on any atom is 0.266 e. The molecule has 25 heavy (non-hydrogen) atoms. The minimum absolute atomic E-state index is 0.0515. The van der Waals surface area contributed by atoms with Crippen molar-refractivity contribution in [2.24, 2.45) is 5.92 Å². The number of hydrogen-bond acceptors (Lipinski definition) is 7. The molecule has 0 saturated carbocycles. The molecule has 0 aromatic carbocycles. The summed E-state index contributed by atoms with van der Waals surface area (Å²) >= 11 is 1.57. The molecular formula is C17H18N6OS. The molecule has 3 aromatic heterocycles. The summed E-state index contributed by atoms with van der Waals surface area (Å²) in [5, 5.41) is 13.6. The molecule has 3 aromatic rings. The Bertz CT molecular complexity index is 872. The molecule has 0 atom stereocenters. The normalized spacial score (nSPS) is 15.4. The van der Waals surface area contributed by atoms with E-state index in [2.05, 4.69) is 25.2 Å². The van der Waals surface area contributed by atoms with Crippen LogP contribution in [-0.2, 0) is 6.54 Å². The summed E-state index contributed by atoms with van der Waals surface area (Å²) in [5.74, 6) is 0.446. The van der Waals surface area contributed by atoms with E-state index in [4.69, 9.17) is 0 Å². The molecule has 0 bridgehead atoms. The lowest BCUT2D eigenvalue weighted by atomic mass is 9.97. The van der Waals surface area contributed by atoms with E-state index in [1.807, 2.05) is 12.1 Å². The lowest BCUT2D eigenvalue weighted by Gasteiger charge is -2.31. The van der Waals surface area contributed by atoms with Gasteiger partial charge in [-0.3, -0.25) is 9.78 Å². The summed E-state index contributed by atoms with van der Waals surface area (Å²) < 4.78 is 1.60. The predicted molar refractivity (Wildman–Crippen MR) is 96.6 cm³/mol. The highest BCUT2D eigenvalue weighted by molar-refractivity contribution is 7.13. The van der Waals surface area contributed by atoms with Gasteiger partial charge in [0.2, 0.25) is 5.13 Å². The van der Waals surface area contributed by atoms with Crippen LogP contribution >= 0.6 is 11.3 Å². The van der Waals surface area contributed by atoms with Crippen molar-refractivity contribution in [3.8, 4) is 11.3 Å². The molecule has 4 heterocycles. The Labute approximate surface area is 149 Å². The number of nitrogens with zero attached hydrogens (tertiary/aromatic N) is 6. The van der Waals surface area contributed by atoms with Crippen LogP contribution in [0.3, 0.4) is 0 Å². The highest BCUT2D eigenvalue weighted by atomic mass is 32.1. The van der Waals surface area contributed by atoms with Gasteiger partial charge < -0.3 is 4.90 Å². The van der Waals surface area contributed by atoms with Gasteiger partial charge >= 0.3 is 0 Å². The molecule has 0 N–H and O–H groups in total. The van der Waals surface area contributed by atoms with Crippen LogP contribution in [0, 0.1) is 5.92 Å². The van der Waals surface area contributed by atoms with Gasteiger partial charge in [-0.1, -0.05) is 11.3 Å². The van der Waals surface area contributed by atoms with Gasteiger partial charge in [-0.2, -0.15) is 5.10 Å². The third-order valence-corrected chi connectivity index (χ3v) is 5.26. The van der Waals surface area contributed by atoms with Crippen molar-refractivity contribution >= 4 is 16.5 Å². The molecule has 1 saturated heterocycles. The third-order valence-electron chi connectivity index (χ3n) is 4.51. The summed E-state index contributed by atoms with van der Waals surface area (Å²) in [6, 6.07) is 7.17. The van der Waals surface area contributed by atoms with Crippen LogP contribution in [0.1, 0.15) is 12.8 Å². The minimum atomic E-state index is -0.0515. The Morgan fingerprint density at radius 1 is 1.12 bits per heavy atom. The summed E-state index contributed by atoms with van der Waals surface area (Å²) in [7, 11) is 0. The van der Waals surface area contributed by atoms with Gasteiger partial charge in [-0.05, 0) is 37.0 Å². The fraction of sp³-hybridized carbons (Fsp3) is 0.353. The third kappa shape index (κ3) is 3.58. The fourth-order valence-corrected chi connectivity index (χ4v) is 3.73. The maximum atomic E-state index is 12.2. The van der Waals surface area contributed by atoms with Gasteiger partial charge in [-0.15, -0.1) is 10.2 Å². The van der Waals surface area contributed by atoms with Crippen LogP contribution in [0.25, 0.3) is 11.3 Å². The molecule has 1 fully saturated rings. The Kier molecular flexibility index (Phi) is 4.51. The summed E-state index contributed by atoms with van der Waals surface area (Å²) in [5.41, 5.74) is 3.47. The van der Waals surface area contributed by atoms with Crippen LogP contribution in [0.2, 0.25) is 0 Å². The summed E-state index contributed by atoms with van der Waals surface area (Å²) in [6.07, 6.45) is 5.51. The molecule has 7 nitrogen and oxygen atoms in total. The van der Waals surface area contributed by atoms with E-state index in [0.29, 0.717) is 12.5 Å². The van der Waals surface area contributed by atoms with Crippen molar-refractivity contribution in [1.29, 1.82) is 0 Å². The first-order valence-electron chi connectivity index (χ1n) is 8.29. The van der Waals surface area contributed by atoms with Crippen molar-refractivity contribution in [2.75, 3.05) is 18.0 Å². The average Bonchev–Trinajstić information content (AvgIpc) is 3.20. The second-order valence-corrected chi connectivity index (χ2v) is 6.94. The summed E-state index contributed by atoms with van der Waals surface area (Å²) in [4.78, 5) is 18.5. The van der Waals surface area contributed by atoms with Crippen LogP contribution < -0.4 is 10.5 Å². The first-order valence-corrected chi connectivity index (χ1v) is 9.17. The van der Waals surface area contributed by atoms with E-state index in [1.54, 1.807) is 46.1 Å². The zero-order valence-corrected chi connectivity index (χ0v) is 14.5. The smallest absolute Gasteiger partial charge is 0.266 e. The van der Waals surface area contributed by atoms with E-state index >= 15 is 0 Å². The van der Waals surface area contributed by atoms with Gasteiger partial charge in [0.15, 0.2) is 0 Å². The number of piperidine rings is 1. The highest BCUT2D eigenvalue weighted by Gasteiger charge is 2.22. The van der Waals surface area contributed by atoms with Gasteiger partial charge in [0.1, 0.15) is 5.51 Å². The quantitative estimate of drug-likeness (QED) is 0.714. The Hall–Kier alpha value is -2.61. The van der Waals surface area contributed by atoms with E-state index in [-0.39, 0.29) is 5.56 Å². The average molecular weight is 354 g/mol. The zero-order valence-electron chi connectivity index (χ0n) is 13.7. The number of hydrogen-bond donors (Lipinski definition) is 0. The Morgan fingerprint density at radius 3 is 2.64 bits per heavy atom. The minimum Gasteiger partial charge on any atom is -0.347 e. The maximum absolute atomic E-state index is 12.2. The van der Waals surface area contributed by atoms with Crippen LogP contribution in [0.4, 0.5) is 5.13 Å². The SMILES string of the molecule is O=c1ccc(-c2ccncc2)nn1CC1CCN(c2nncs2)CC1. The predicted octanol–water partition coefficient (Wildman–Crippen LogP) is 2.07. The number of rotatable bonds is 4. The van der Waals surface area contributed by atoms with Gasteiger partial charge in [0.05, 0.1) is 5.69 Å². The van der Waals surface area contributed by atoms with Crippen molar-refractivity contribution in [1.82, 2.24) is 25.0 Å². The van der Waals surface area contributed by atoms with Gasteiger partial charge in [0.25, 0.3) is 5.56 Å². The van der Waals surface area contributed by atoms with Crippen molar-refractivity contribution < 1.29 is 0 Å². The molecule has 128 valence electrons. The molecule has 1 aliphatic heterocycles. The van der Waals surface area contributed by atoms with E-state index in [9.17, 15) is 4.79 Å². The molecule has 0 radical (unpaired) electrons. The molecule has 0 spiro atoms.